The smallest absolute Gasteiger partial charge is 0.247 e. The molecule has 0 bridgehead atoms. The van der Waals surface area contributed by atoms with Gasteiger partial charge >= 0.3 is 0 Å². The molecule has 0 aliphatic carbocycles. The molecular weight excluding hydrogens is 146 g/mol. The zero-order valence-corrected chi connectivity index (χ0v) is 6.23. The van der Waals surface area contributed by atoms with Gasteiger partial charge in [-0.2, -0.15) is 0 Å². The molecule has 50 valence electrons. The highest BCUT2D eigenvalue weighted by molar-refractivity contribution is 7.12. The second-order valence-electron chi connectivity index (χ2n) is 1.74. The molecule has 0 aliphatic heterocycles. The number of terminal acetylenes is 1. The Morgan fingerprint density at radius 2 is 2.60 bits per heavy atom. The number of aryl methyl sites for hydroxylation is 1. The molecule has 0 saturated heterocycles. The average molecular weight is 151 g/mol. The molecule has 0 atom stereocenters. The Morgan fingerprint density at radius 3 is 3.00 bits per heavy atom. The van der Waals surface area contributed by atoms with Gasteiger partial charge in [0.25, 0.3) is 0 Å². The van der Waals surface area contributed by atoms with E-state index in [-0.39, 0.29) is 5.78 Å². The third-order valence-corrected chi connectivity index (χ3v) is 2.01. The Hall–Kier alpha value is -1.14. The predicted octanol–water partition coefficient (Wildman–Crippen LogP) is 1.27. The number of Topliss-reactive ketones (excluding diaryl/α,β-unsaturated/α-hetero) is 1. The van der Waals surface area contributed by atoms with Crippen LogP contribution in [-0.2, 0) is 0 Å². The van der Waals surface area contributed by atoms with Crippen LogP contribution in [0.4, 0.5) is 0 Å². The van der Waals surface area contributed by atoms with Crippen LogP contribution in [0.3, 0.4) is 0 Å². The summed E-state index contributed by atoms with van der Waals surface area (Å²) in [5.74, 6) is 1.76. The van der Waals surface area contributed by atoms with Crippen LogP contribution in [-0.4, -0.2) is 10.8 Å². The number of aromatic nitrogens is 1. The van der Waals surface area contributed by atoms with Crippen molar-refractivity contribution in [1.82, 2.24) is 4.98 Å². The number of hydrogen-bond donors (Lipinski definition) is 0. The third-order valence-electron chi connectivity index (χ3n) is 1.08. The standard InChI is InChI=1S/C7H5NOS/c1-3-6(9)7-5(2)8-4-10-7/h1,4H,2H3. The maximum atomic E-state index is 10.8. The van der Waals surface area contributed by atoms with Gasteiger partial charge in [0.05, 0.1) is 11.2 Å². The lowest BCUT2D eigenvalue weighted by molar-refractivity contribution is 0.105. The number of carbonyl (C=O) groups excluding carboxylic acids is 1. The third kappa shape index (κ3) is 1.07. The summed E-state index contributed by atoms with van der Waals surface area (Å²) in [4.78, 5) is 15.3. The fourth-order valence-electron chi connectivity index (χ4n) is 0.585. The molecular formula is C7H5NOS. The van der Waals surface area contributed by atoms with E-state index in [4.69, 9.17) is 6.42 Å². The van der Waals surface area contributed by atoms with Gasteiger partial charge in [-0.3, -0.25) is 4.79 Å². The quantitative estimate of drug-likeness (QED) is 0.343. The minimum absolute atomic E-state index is 0.278. The lowest BCUT2D eigenvalue weighted by Gasteiger charge is -1.85. The number of rotatable bonds is 1. The van der Waals surface area contributed by atoms with E-state index in [1.807, 2.05) is 5.92 Å². The van der Waals surface area contributed by atoms with Crippen molar-refractivity contribution in [3.63, 3.8) is 0 Å². The molecule has 0 unspecified atom stereocenters. The molecule has 0 radical (unpaired) electrons. The first-order chi connectivity index (χ1) is 4.75. The summed E-state index contributed by atoms with van der Waals surface area (Å²) in [6.45, 7) is 1.76. The van der Waals surface area contributed by atoms with E-state index >= 15 is 0 Å². The first kappa shape index (κ1) is 6.97. The van der Waals surface area contributed by atoms with Gasteiger partial charge in [-0.15, -0.1) is 17.8 Å². The second kappa shape index (κ2) is 2.63. The number of hydrogen-bond acceptors (Lipinski definition) is 3. The SMILES string of the molecule is C#CC(=O)c1scnc1C. The highest BCUT2D eigenvalue weighted by Crippen LogP contribution is 2.11. The van der Waals surface area contributed by atoms with Crippen LogP contribution in [0.5, 0.6) is 0 Å². The Balaban J connectivity index is 3.08. The summed E-state index contributed by atoms with van der Waals surface area (Å²) in [6, 6.07) is 0. The Bertz CT molecular complexity index is 295. The average Bonchev–Trinajstić information content (AvgIpc) is 2.34. The fourth-order valence-corrected chi connectivity index (χ4v) is 1.29. The lowest BCUT2D eigenvalue weighted by atomic mass is 10.3. The first-order valence-corrected chi connectivity index (χ1v) is 3.54. The number of ketones is 1. The molecule has 1 rings (SSSR count). The summed E-state index contributed by atoms with van der Waals surface area (Å²) in [5.41, 5.74) is 2.33. The van der Waals surface area contributed by atoms with Crippen LogP contribution in [0.1, 0.15) is 15.4 Å². The normalized spacial score (nSPS) is 8.80. The second-order valence-corrected chi connectivity index (χ2v) is 2.60. The first-order valence-electron chi connectivity index (χ1n) is 2.66. The van der Waals surface area contributed by atoms with Crippen molar-refractivity contribution in [2.75, 3.05) is 0 Å². The summed E-state index contributed by atoms with van der Waals surface area (Å²) in [7, 11) is 0. The number of nitrogens with zero attached hydrogens (tertiary/aromatic N) is 1. The fraction of sp³-hybridized carbons (Fsp3) is 0.143. The topological polar surface area (TPSA) is 30.0 Å². The monoisotopic (exact) mass is 151 g/mol. The molecule has 0 aromatic carbocycles. The molecule has 0 saturated carbocycles. The van der Waals surface area contributed by atoms with E-state index in [1.165, 1.54) is 11.3 Å². The van der Waals surface area contributed by atoms with Gasteiger partial charge in [-0.05, 0) is 12.8 Å². The van der Waals surface area contributed by atoms with Gasteiger partial charge in [0.1, 0.15) is 4.88 Å². The van der Waals surface area contributed by atoms with Crippen LogP contribution in [0.2, 0.25) is 0 Å². The van der Waals surface area contributed by atoms with Crippen LogP contribution in [0, 0.1) is 19.3 Å². The van der Waals surface area contributed by atoms with Crippen molar-refractivity contribution in [2.24, 2.45) is 0 Å². The minimum atomic E-state index is -0.278. The number of thiazole rings is 1. The summed E-state index contributed by atoms with van der Waals surface area (Å²) in [6.07, 6.45) is 4.91. The van der Waals surface area contributed by atoms with Crippen molar-refractivity contribution in [1.29, 1.82) is 0 Å². The van der Waals surface area contributed by atoms with Crippen LogP contribution in [0.25, 0.3) is 0 Å². The van der Waals surface area contributed by atoms with E-state index in [9.17, 15) is 4.79 Å². The van der Waals surface area contributed by atoms with E-state index in [0.717, 1.165) is 0 Å². The maximum Gasteiger partial charge on any atom is 0.247 e. The molecule has 1 heterocycles. The minimum Gasteiger partial charge on any atom is -0.278 e. The zero-order chi connectivity index (χ0) is 7.56. The zero-order valence-electron chi connectivity index (χ0n) is 5.42. The molecule has 0 N–H and O–H groups in total. The lowest BCUT2D eigenvalue weighted by Crippen LogP contribution is -1.92. The largest absolute Gasteiger partial charge is 0.278 e. The summed E-state index contributed by atoms with van der Waals surface area (Å²) >= 11 is 1.28. The molecule has 10 heavy (non-hydrogen) atoms. The number of carbonyl (C=O) groups is 1. The van der Waals surface area contributed by atoms with E-state index in [2.05, 4.69) is 4.98 Å². The molecule has 0 fully saturated rings. The van der Waals surface area contributed by atoms with Gasteiger partial charge in [-0.1, -0.05) is 0 Å². The Morgan fingerprint density at radius 1 is 1.90 bits per heavy atom. The summed E-state index contributed by atoms with van der Waals surface area (Å²) in [5, 5.41) is 0. The van der Waals surface area contributed by atoms with Crippen LogP contribution >= 0.6 is 11.3 Å². The molecule has 0 spiro atoms. The van der Waals surface area contributed by atoms with Crippen LogP contribution in [0.15, 0.2) is 5.51 Å². The molecule has 3 heteroatoms. The van der Waals surface area contributed by atoms with E-state index < -0.39 is 0 Å². The predicted molar refractivity (Wildman–Crippen MR) is 40.0 cm³/mol. The molecule has 1 aromatic rings. The molecule has 1 aromatic heterocycles. The Kier molecular flexibility index (Phi) is 1.83. The van der Waals surface area contributed by atoms with Gasteiger partial charge in [-0.25, -0.2) is 4.98 Å². The molecule has 0 amide bonds. The van der Waals surface area contributed by atoms with Crippen molar-refractivity contribution in [3.05, 3.63) is 16.1 Å². The van der Waals surface area contributed by atoms with Crippen molar-refractivity contribution < 1.29 is 4.79 Å². The van der Waals surface area contributed by atoms with Gasteiger partial charge in [0.15, 0.2) is 0 Å². The molecule has 0 aliphatic rings. The van der Waals surface area contributed by atoms with Gasteiger partial charge in [0, 0.05) is 0 Å². The maximum absolute atomic E-state index is 10.8. The summed E-state index contributed by atoms with van der Waals surface area (Å²) < 4.78 is 0. The highest BCUT2D eigenvalue weighted by Gasteiger charge is 2.07. The highest BCUT2D eigenvalue weighted by atomic mass is 32.1. The van der Waals surface area contributed by atoms with E-state index in [1.54, 1.807) is 12.4 Å². The van der Waals surface area contributed by atoms with Crippen molar-refractivity contribution >= 4 is 17.1 Å². The van der Waals surface area contributed by atoms with Crippen molar-refractivity contribution in [3.8, 4) is 12.3 Å². The van der Waals surface area contributed by atoms with Crippen LogP contribution < -0.4 is 0 Å². The Labute approximate surface area is 62.9 Å². The van der Waals surface area contributed by atoms with E-state index in [0.29, 0.717) is 10.6 Å². The van der Waals surface area contributed by atoms with Gasteiger partial charge < -0.3 is 0 Å². The van der Waals surface area contributed by atoms with Gasteiger partial charge in [0.2, 0.25) is 5.78 Å². The van der Waals surface area contributed by atoms with Crippen molar-refractivity contribution in [2.45, 2.75) is 6.92 Å². The molecule has 2 nitrogen and oxygen atoms in total.